The highest BCUT2D eigenvalue weighted by Crippen LogP contribution is 2.34. The number of hydrogen-bond donors (Lipinski definition) is 2. The summed E-state index contributed by atoms with van der Waals surface area (Å²) in [7, 11) is 0. The molecule has 0 aromatic heterocycles. The summed E-state index contributed by atoms with van der Waals surface area (Å²) < 4.78 is 5.45. The van der Waals surface area contributed by atoms with Crippen LogP contribution in [0.5, 0.6) is 0 Å². The first-order valence-electron chi connectivity index (χ1n) is 12.4. The SMILES string of the molecule is CSCCC(NC(=O)OC(C)(C)C)C(=O)N(C1CCC1)C(C(=O)NC(C)(C)C)c1cccc(C)c1. The van der Waals surface area contributed by atoms with E-state index in [2.05, 4.69) is 10.6 Å². The lowest BCUT2D eigenvalue weighted by Crippen LogP contribution is -2.58. The van der Waals surface area contributed by atoms with Crippen LogP contribution in [0.3, 0.4) is 0 Å². The number of rotatable bonds is 9. The Hall–Kier alpha value is -2.22. The molecule has 1 aromatic carbocycles. The molecule has 1 fully saturated rings. The molecule has 1 aliphatic carbocycles. The van der Waals surface area contributed by atoms with Crippen LogP contribution in [0, 0.1) is 6.92 Å². The van der Waals surface area contributed by atoms with Gasteiger partial charge in [0, 0.05) is 11.6 Å². The normalized spacial score (nSPS) is 16.0. The van der Waals surface area contributed by atoms with Crippen LogP contribution in [0.15, 0.2) is 24.3 Å². The second kappa shape index (κ2) is 12.2. The van der Waals surface area contributed by atoms with Gasteiger partial charge in [-0.3, -0.25) is 9.59 Å². The van der Waals surface area contributed by atoms with Crippen molar-refractivity contribution in [1.29, 1.82) is 0 Å². The van der Waals surface area contributed by atoms with Gasteiger partial charge in [-0.1, -0.05) is 29.8 Å². The second-order valence-corrected chi connectivity index (χ2v) is 12.4. The topological polar surface area (TPSA) is 87.7 Å². The standard InChI is InChI=1S/C27H43N3O4S/c1-18-11-9-12-19(17-18)22(23(31)29-26(2,3)4)30(20-13-10-14-20)24(32)21(15-16-35-8)28-25(33)34-27(5,6)7/h9,11-12,17,20-22H,10,13-16H2,1-8H3,(H,28,33)(H,29,31). The first-order chi connectivity index (χ1) is 16.2. The van der Waals surface area contributed by atoms with E-state index < -0.39 is 29.3 Å². The lowest BCUT2D eigenvalue weighted by Gasteiger charge is -2.44. The van der Waals surface area contributed by atoms with E-state index in [1.54, 1.807) is 37.4 Å². The fraction of sp³-hybridized carbons (Fsp3) is 0.667. The quantitative estimate of drug-likeness (QED) is 0.494. The summed E-state index contributed by atoms with van der Waals surface area (Å²) >= 11 is 1.61. The molecule has 0 radical (unpaired) electrons. The van der Waals surface area contributed by atoms with Gasteiger partial charge in [0.25, 0.3) is 0 Å². The van der Waals surface area contributed by atoms with Gasteiger partial charge in [0.05, 0.1) is 0 Å². The van der Waals surface area contributed by atoms with Gasteiger partial charge in [0.2, 0.25) is 11.8 Å². The first-order valence-corrected chi connectivity index (χ1v) is 13.8. The van der Waals surface area contributed by atoms with Gasteiger partial charge >= 0.3 is 6.09 Å². The van der Waals surface area contributed by atoms with Crippen molar-refractivity contribution in [3.8, 4) is 0 Å². The lowest BCUT2D eigenvalue weighted by molar-refractivity contribution is -0.148. The van der Waals surface area contributed by atoms with Crippen molar-refractivity contribution in [2.75, 3.05) is 12.0 Å². The molecule has 196 valence electrons. The van der Waals surface area contributed by atoms with E-state index in [9.17, 15) is 14.4 Å². The molecular weight excluding hydrogens is 462 g/mol. The van der Waals surface area contributed by atoms with Gasteiger partial charge in [-0.25, -0.2) is 4.79 Å². The average Bonchev–Trinajstić information content (AvgIpc) is 2.66. The van der Waals surface area contributed by atoms with Crippen molar-refractivity contribution in [1.82, 2.24) is 15.5 Å². The van der Waals surface area contributed by atoms with Crippen LogP contribution >= 0.6 is 11.8 Å². The average molecular weight is 506 g/mol. The summed E-state index contributed by atoms with van der Waals surface area (Å²) in [5.41, 5.74) is 0.651. The van der Waals surface area contributed by atoms with Crippen molar-refractivity contribution in [2.24, 2.45) is 0 Å². The van der Waals surface area contributed by atoms with Gasteiger partial charge < -0.3 is 20.3 Å². The minimum Gasteiger partial charge on any atom is -0.444 e. The maximum atomic E-state index is 14.1. The molecule has 3 amide bonds. The summed E-state index contributed by atoms with van der Waals surface area (Å²) in [6.07, 6.45) is 4.45. The zero-order valence-electron chi connectivity index (χ0n) is 22.6. The minimum absolute atomic E-state index is 0.0593. The monoisotopic (exact) mass is 505 g/mol. The maximum absolute atomic E-state index is 14.1. The number of carbonyl (C=O) groups excluding carboxylic acids is 3. The number of carbonyl (C=O) groups is 3. The Morgan fingerprint density at radius 2 is 1.80 bits per heavy atom. The molecule has 0 bridgehead atoms. The molecule has 0 heterocycles. The molecule has 0 aliphatic heterocycles. The Morgan fingerprint density at radius 3 is 2.29 bits per heavy atom. The van der Waals surface area contributed by atoms with Crippen molar-refractivity contribution < 1.29 is 19.1 Å². The summed E-state index contributed by atoms with van der Waals surface area (Å²) in [4.78, 5) is 42.2. The van der Waals surface area contributed by atoms with E-state index in [1.165, 1.54) is 0 Å². The molecule has 8 heteroatoms. The van der Waals surface area contributed by atoms with Crippen molar-refractivity contribution in [3.63, 3.8) is 0 Å². The summed E-state index contributed by atoms with van der Waals surface area (Å²) in [5.74, 6) is 0.225. The second-order valence-electron chi connectivity index (χ2n) is 11.4. The molecule has 2 rings (SSSR count). The zero-order valence-corrected chi connectivity index (χ0v) is 23.4. The molecule has 2 unspecified atom stereocenters. The van der Waals surface area contributed by atoms with Crippen LogP contribution in [0.4, 0.5) is 4.79 Å². The van der Waals surface area contributed by atoms with Crippen molar-refractivity contribution in [2.45, 2.75) is 103 Å². The number of aryl methyl sites for hydroxylation is 1. The fourth-order valence-corrected chi connectivity index (χ4v) is 4.49. The van der Waals surface area contributed by atoms with E-state index in [4.69, 9.17) is 4.74 Å². The molecule has 2 N–H and O–H groups in total. The van der Waals surface area contributed by atoms with E-state index in [1.807, 2.05) is 58.2 Å². The van der Waals surface area contributed by atoms with E-state index in [0.717, 1.165) is 30.4 Å². The Morgan fingerprint density at radius 1 is 1.14 bits per heavy atom. The van der Waals surface area contributed by atoms with Crippen LogP contribution < -0.4 is 10.6 Å². The number of alkyl carbamates (subject to hydrolysis) is 1. The van der Waals surface area contributed by atoms with Gasteiger partial charge in [0.15, 0.2) is 0 Å². The van der Waals surface area contributed by atoms with Crippen LogP contribution in [0.1, 0.15) is 84.4 Å². The van der Waals surface area contributed by atoms with Crippen LogP contribution in [0.2, 0.25) is 0 Å². The lowest BCUT2D eigenvalue weighted by atomic mass is 9.87. The Labute approximate surface area is 215 Å². The summed E-state index contributed by atoms with van der Waals surface area (Å²) in [5, 5.41) is 5.88. The number of ether oxygens (including phenoxy) is 1. The minimum atomic E-state index is -0.788. The van der Waals surface area contributed by atoms with Gasteiger partial charge in [-0.2, -0.15) is 11.8 Å². The molecular formula is C27H43N3O4S. The Kier molecular flexibility index (Phi) is 10.1. The third-order valence-electron chi connectivity index (χ3n) is 5.70. The highest BCUT2D eigenvalue weighted by atomic mass is 32.2. The molecule has 0 spiro atoms. The zero-order chi connectivity index (χ0) is 26.4. The number of nitrogens with one attached hydrogen (secondary N) is 2. The molecule has 2 atom stereocenters. The van der Waals surface area contributed by atoms with Gasteiger partial charge in [0.1, 0.15) is 17.7 Å². The number of nitrogens with zero attached hydrogens (tertiary/aromatic N) is 1. The van der Waals surface area contributed by atoms with Gasteiger partial charge in [-0.05, 0) is 91.7 Å². The molecule has 1 aliphatic rings. The van der Waals surface area contributed by atoms with Crippen molar-refractivity contribution >= 4 is 29.7 Å². The summed E-state index contributed by atoms with van der Waals surface area (Å²) in [6.45, 7) is 13.1. The third kappa shape index (κ3) is 9.06. The van der Waals surface area contributed by atoms with Crippen LogP contribution in [-0.2, 0) is 14.3 Å². The van der Waals surface area contributed by atoms with Gasteiger partial charge in [-0.15, -0.1) is 0 Å². The predicted octanol–water partition coefficient (Wildman–Crippen LogP) is 4.98. The van der Waals surface area contributed by atoms with Crippen LogP contribution in [-0.4, -0.2) is 58.0 Å². The number of hydrogen-bond acceptors (Lipinski definition) is 5. The summed E-state index contributed by atoms with van der Waals surface area (Å²) in [6, 6.07) is 6.12. The first kappa shape index (κ1) is 29.0. The van der Waals surface area contributed by atoms with Crippen LogP contribution in [0.25, 0.3) is 0 Å². The predicted molar refractivity (Wildman–Crippen MR) is 142 cm³/mol. The molecule has 7 nitrogen and oxygen atoms in total. The number of benzene rings is 1. The highest BCUT2D eigenvalue weighted by molar-refractivity contribution is 7.98. The molecule has 1 saturated carbocycles. The molecule has 35 heavy (non-hydrogen) atoms. The third-order valence-corrected chi connectivity index (χ3v) is 6.35. The number of amides is 3. The molecule has 0 saturated heterocycles. The number of thioether (sulfide) groups is 1. The fourth-order valence-electron chi connectivity index (χ4n) is 4.02. The molecule has 1 aromatic rings. The van der Waals surface area contributed by atoms with Crippen molar-refractivity contribution in [3.05, 3.63) is 35.4 Å². The van der Waals surface area contributed by atoms with E-state index in [-0.39, 0.29) is 17.9 Å². The largest absolute Gasteiger partial charge is 0.444 e. The Balaban J connectivity index is 2.48. The maximum Gasteiger partial charge on any atom is 0.408 e. The highest BCUT2D eigenvalue weighted by Gasteiger charge is 2.42. The smallest absolute Gasteiger partial charge is 0.408 e. The van der Waals surface area contributed by atoms with E-state index in [0.29, 0.717) is 12.2 Å². The van der Waals surface area contributed by atoms with E-state index >= 15 is 0 Å². The Bertz CT molecular complexity index is 887.